The molecule has 0 fully saturated rings. The molecule has 0 aliphatic carbocycles. The summed E-state index contributed by atoms with van der Waals surface area (Å²) in [4.78, 5) is 27.7. The first-order chi connectivity index (χ1) is 16.1. The summed E-state index contributed by atoms with van der Waals surface area (Å²) in [5.74, 6) is 0.831. The largest absolute Gasteiger partial charge is 0.493 e. The second-order valence-corrected chi connectivity index (χ2v) is 7.80. The molecular weight excluding hydrogens is 420 g/mol. The molecule has 2 amide bonds. The molecule has 2 aromatic carbocycles. The molecular formula is C25H28N4O4. The van der Waals surface area contributed by atoms with Crippen LogP contribution < -0.4 is 14.8 Å². The van der Waals surface area contributed by atoms with Crippen LogP contribution in [0.4, 0.5) is 0 Å². The SMILES string of the molecule is CCOc1ccc(CNC(=O)c2cc3n(n2)CCCN(Cc2ccccc2)C3=O)cc1OC. The summed E-state index contributed by atoms with van der Waals surface area (Å²) < 4.78 is 12.5. The van der Waals surface area contributed by atoms with Crippen molar-refractivity contribution in [3.05, 3.63) is 77.1 Å². The number of nitrogens with zero attached hydrogens (tertiary/aromatic N) is 3. The minimum Gasteiger partial charge on any atom is -0.493 e. The smallest absolute Gasteiger partial charge is 0.272 e. The van der Waals surface area contributed by atoms with Crippen molar-refractivity contribution in [2.24, 2.45) is 0 Å². The maximum Gasteiger partial charge on any atom is 0.272 e. The Bertz CT molecular complexity index is 1130. The van der Waals surface area contributed by atoms with Crippen LogP contribution in [0.1, 0.15) is 45.4 Å². The second-order valence-electron chi connectivity index (χ2n) is 7.80. The number of hydrogen-bond acceptors (Lipinski definition) is 5. The lowest BCUT2D eigenvalue weighted by molar-refractivity contribution is 0.0745. The zero-order valence-corrected chi connectivity index (χ0v) is 18.9. The van der Waals surface area contributed by atoms with E-state index < -0.39 is 0 Å². The average Bonchev–Trinajstić information content (AvgIpc) is 3.21. The van der Waals surface area contributed by atoms with Gasteiger partial charge in [-0.25, -0.2) is 0 Å². The van der Waals surface area contributed by atoms with Crippen LogP contribution in [0.2, 0.25) is 0 Å². The van der Waals surface area contributed by atoms with Crippen LogP contribution in [0.15, 0.2) is 54.6 Å². The predicted octanol–water partition coefficient (Wildman–Crippen LogP) is 3.27. The Labute approximate surface area is 193 Å². The topological polar surface area (TPSA) is 85.7 Å². The van der Waals surface area contributed by atoms with E-state index in [0.717, 1.165) is 17.5 Å². The highest BCUT2D eigenvalue weighted by molar-refractivity contribution is 5.98. The van der Waals surface area contributed by atoms with E-state index in [4.69, 9.17) is 9.47 Å². The van der Waals surface area contributed by atoms with Gasteiger partial charge in [-0.15, -0.1) is 0 Å². The highest BCUT2D eigenvalue weighted by Crippen LogP contribution is 2.28. The Morgan fingerprint density at radius 3 is 2.64 bits per heavy atom. The van der Waals surface area contributed by atoms with E-state index in [1.165, 1.54) is 0 Å². The molecule has 33 heavy (non-hydrogen) atoms. The van der Waals surface area contributed by atoms with Crippen LogP contribution in [0.25, 0.3) is 0 Å². The van der Waals surface area contributed by atoms with Gasteiger partial charge in [0.2, 0.25) is 0 Å². The molecule has 8 nitrogen and oxygen atoms in total. The fourth-order valence-electron chi connectivity index (χ4n) is 3.87. The van der Waals surface area contributed by atoms with E-state index in [1.54, 1.807) is 17.9 Å². The average molecular weight is 449 g/mol. The maximum atomic E-state index is 13.1. The Morgan fingerprint density at radius 2 is 1.88 bits per heavy atom. The third-order valence-corrected chi connectivity index (χ3v) is 5.51. The predicted molar refractivity (Wildman–Crippen MR) is 123 cm³/mol. The van der Waals surface area contributed by atoms with E-state index >= 15 is 0 Å². The van der Waals surface area contributed by atoms with Crippen LogP contribution in [-0.2, 0) is 19.6 Å². The fourth-order valence-corrected chi connectivity index (χ4v) is 3.87. The lowest BCUT2D eigenvalue weighted by Crippen LogP contribution is -2.30. The number of benzene rings is 2. The monoisotopic (exact) mass is 448 g/mol. The van der Waals surface area contributed by atoms with Gasteiger partial charge < -0.3 is 19.7 Å². The number of aromatic nitrogens is 2. The van der Waals surface area contributed by atoms with Gasteiger partial charge >= 0.3 is 0 Å². The minimum absolute atomic E-state index is 0.112. The Kier molecular flexibility index (Phi) is 6.92. The van der Waals surface area contributed by atoms with E-state index in [1.807, 2.05) is 60.4 Å². The number of ether oxygens (including phenoxy) is 2. The Hall–Kier alpha value is -3.81. The molecule has 172 valence electrons. The first kappa shape index (κ1) is 22.4. The van der Waals surface area contributed by atoms with Gasteiger partial charge in [0.25, 0.3) is 11.8 Å². The van der Waals surface area contributed by atoms with Gasteiger partial charge in [-0.1, -0.05) is 36.4 Å². The molecule has 1 aromatic heterocycles. The molecule has 0 radical (unpaired) electrons. The maximum absolute atomic E-state index is 13.1. The van der Waals surface area contributed by atoms with Crippen LogP contribution >= 0.6 is 0 Å². The summed E-state index contributed by atoms with van der Waals surface area (Å²) in [5, 5.41) is 7.27. The number of amides is 2. The molecule has 3 aromatic rings. The third kappa shape index (κ3) is 5.16. The number of methoxy groups -OCH3 is 1. The van der Waals surface area contributed by atoms with Crippen molar-refractivity contribution in [1.29, 1.82) is 0 Å². The summed E-state index contributed by atoms with van der Waals surface area (Å²) in [6.07, 6.45) is 0.778. The minimum atomic E-state index is -0.328. The van der Waals surface area contributed by atoms with Crippen molar-refractivity contribution in [2.75, 3.05) is 20.3 Å². The molecule has 1 N–H and O–H groups in total. The van der Waals surface area contributed by atoms with Crippen molar-refractivity contribution in [1.82, 2.24) is 20.0 Å². The Morgan fingerprint density at radius 1 is 1.06 bits per heavy atom. The first-order valence-corrected chi connectivity index (χ1v) is 11.1. The van der Waals surface area contributed by atoms with Crippen LogP contribution in [0, 0.1) is 0 Å². The summed E-state index contributed by atoms with van der Waals surface area (Å²) in [7, 11) is 1.58. The van der Waals surface area contributed by atoms with Gasteiger partial charge in [0, 0.05) is 32.2 Å². The van der Waals surface area contributed by atoms with Crippen LogP contribution in [0.5, 0.6) is 11.5 Å². The van der Waals surface area contributed by atoms with Crippen molar-refractivity contribution >= 4 is 11.8 Å². The van der Waals surface area contributed by atoms with Gasteiger partial charge in [-0.3, -0.25) is 14.3 Å². The molecule has 1 aliphatic rings. The van der Waals surface area contributed by atoms with Crippen molar-refractivity contribution in [3.63, 3.8) is 0 Å². The number of nitrogens with one attached hydrogen (secondary N) is 1. The molecule has 0 bridgehead atoms. The van der Waals surface area contributed by atoms with E-state index in [2.05, 4.69) is 10.4 Å². The van der Waals surface area contributed by atoms with E-state index in [0.29, 0.717) is 50.0 Å². The normalized spacial score (nSPS) is 13.3. The van der Waals surface area contributed by atoms with Crippen LogP contribution in [0.3, 0.4) is 0 Å². The third-order valence-electron chi connectivity index (χ3n) is 5.51. The standard InChI is InChI=1S/C25H28N4O4/c1-3-33-22-11-10-19(14-23(22)32-2)16-26-24(30)20-15-21-25(31)28(12-7-13-29(21)27-20)17-18-8-5-4-6-9-18/h4-6,8-11,14-15H,3,7,12-13,16-17H2,1-2H3,(H,26,30). The second kappa shape index (κ2) is 10.2. The van der Waals surface area contributed by atoms with Gasteiger partial charge in [-0.05, 0) is 36.6 Å². The number of rotatable bonds is 8. The molecule has 2 heterocycles. The zero-order chi connectivity index (χ0) is 23.2. The lowest BCUT2D eigenvalue weighted by atomic mass is 10.2. The van der Waals surface area contributed by atoms with Crippen molar-refractivity contribution in [2.45, 2.75) is 33.0 Å². The fraction of sp³-hybridized carbons (Fsp3) is 0.320. The zero-order valence-electron chi connectivity index (χ0n) is 18.9. The Balaban J connectivity index is 1.44. The quantitative estimate of drug-likeness (QED) is 0.572. The number of carbonyl (C=O) groups excluding carboxylic acids is 2. The molecule has 0 spiro atoms. The number of carbonyl (C=O) groups is 2. The summed E-state index contributed by atoms with van der Waals surface area (Å²) in [6, 6.07) is 17.0. The van der Waals surface area contributed by atoms with Crippen molar-refractivity contribution in [3.8, 4) is 11.5 Å². The molecule has 1 aliphatic heterocycles. The number of aryl methyl sites for hydroxylation is 1. The highest BCUT2D eigenvalue weighted by Gasteiger charge is 2.26. The molecule has 0 atom stereocenters. The summed E-state index contributed by atoms with van der Waals surface area (Å²) >= 11 is 0. The van der Waals surface area contributed by atoms with Crippen LogP contribution in [-0.4, -0.2) is 46.8 Å². The molecule has 8 heteroatoms. The van der Waals surface area contributed by atoms with Gasteiger partial charge in [0.1, 0.15) is 5.69 Å². The van der Waals surface area contributed by atoms with Crippen molar-refractivity contribution < 1.29 is 19.1 Å². The molecule has 0 unspecified atom stereocenters. The summed E-state index contributed by atoms with van der Waals surface area (Å²) in [6.45, 7) is 4.53. The number of fused-ring (bicyclic) bond motifs is 1. The van der Waals surface area contributed by atoms with Gasteiger partial charge in [-0.2, -0.15) is 5.10 Å². The lowest BCUT2D eigenvalue weighted by Gasteiger charge is -2.20. The molecule has 0 saturated carbocycles. The van der Waals surface area contributed by atoms with E-state index in [9.17, 15) is 9.59 Å². The first-order valence-electron chi connectivity index (χ1n) is 11.1. The highest BCUT2D eigenvalue weighted by atomic mass is 16.5. The summed E-state index contributed by atoms with van der Waals surface area (Å²) in [5.41, 5.74) is 2.62. The van der Waals surface area contributed by atoms with Gasteiger partial charge in [0.05, 0.1) is 13.7 Å². The van der Waals surface area contributed by atoms with Gasteiger partial charge in [0.15, 0.2) is 17.2 Å². The van der Waals surface area contributed by atoms with E-state index in [-0.39, 0.29) is 17.5 Å². The number of hydrogen-bond donors (Lipinski definition) is 1. The molecule has 0 saturated heterocycles. The molecule has 4 rings (SSSR count).